The van der Waals surface area contributed by atoms with Gasteiger partial charge >= 0.3 is 0 Å². The molecule has 21 heavy (non-hydrogen) atoms. The van der Waals surface area contributed by atoms with Crippen molar-refractivity contribution in [3.8, 4) is 11.5 Å². The fourth-order valence-electron chi connectivity index (χ4n) is 3.33. The summed E-state index contributed by atoms with van der Waals surface area (Å²) in [5.41, 5.74) is 0.943. The topological polar surface area (TPSA) is 54.2 Å². The molecule has 0 spiro atoms. The first-order valence-electron chi connectivity index (χ1n) is 7.30. The number of benzene rings is 1. The van der Waals surface area contributed by atoms with Gasteiger partial charge < -0.3 is 9.73 Å². The Morgan fingerprint density at radius 1 is 1.19 bits per heavy atom. The molecule has 2 aliphatic heterocycles. The lowest BCUT2D eigenvalue weighted by Gasteiger charge is -2.13. The van der Waals surface area contributed by atoms with E-state index in [4.69, 9.17) is 4.42 Å². The number of nitrogens with one attached hydrogen (secondary N) is 1. The lowest BCUT2D eigenvalue weighted by atomic mass is 10.0. The summed E-state index contributed by atoms with van der Waals surface area (Å²) in [6.45, 7) is 5.31. The Morgan fingerprint density at radius 3 is 2.71 bits per heavy atom. The van der Waals surface area contributed by atoms with E-state index in [9.17, 15) is 0 Å². The molecule has 5 nitrogen and oxygen atoms in total. The number of fused-ring (bicyclic) bond motifs is 1. The number of likely N-dealkylation sites (tertiary alicyclic amines) is 1. The van der Waals surface area contributed by atoms with E-state index in [2.05, 4.69) is 36.3 Å². The molecule has 4 rings (SSSR count). The summed E-state index contributed by atoms with van der Waals surface area (Å²) >= 11 is 3.52. The van der Waals surface area contributed by atoms with E-state index in [-0.39, 0.29) is 0 Å². The Bertz CT molecular complexity index is 632. The highest BCUT2D eigenvalue weighted by Crippen LogP contribution is 2.29. The SMILES string of the molecule is Brc1ccccc1-c1nnc(CN2C[C@H]3CNC[C@H]3C2)o1. The maximum atomic E-state index is 5.83. The van der Waals surface area contributed by atoms with E-state index in [1.54, 1.807) is 0 Å². The molecule has 2 fully saturated rings. The normalized spacial score (nSPS) is 25.4. The van der Waals surface area contributed by atoms with E-state index in [0.29, 0.717) is 11.8 Å². The molecular formula is C15H17BrN4O. The molecule has 0 amide bonds. The average molecular weight is 349 g/mol. The van der Waals surface area contributed by atoms with Crippen LogP contribution in [-0.4, -0.2) is 41.3 Å². The van der Waals surface area contributed by atoms with Crippen LogP contribution in [0.3, 0.4) is 0 Å². The molecule has 2 saturated heterocycles. The third-order valence-corrected chi connectivity index (χ3v) is 5.09. The van der Waals surface area contributed by atoms with Crippen LogP contribution in [0.2, 0.25) is 0 Å². The molecule has 1 aromatic carbocycles. The fraction of sp³-hybridized carbons (Fsp3) is 0.467. The van der Waals surface area contributed by atoms with Gasteiger partial charge in [-0.1, -0.05) is 12.1 Å². The van der Waals surface area contributed by atoms with Gasteiger partial charge in [-0.25, -0.2) is 0 Å². The van der Waals surface area contributed by atoms with Crippen molar-refractivity contribution in [1.29, 1.82) is 0 Å². The van der Waals surface area contributed by atoms with Crippen LogP contribution >= 0.6 is 15.9 Å². The highest BCUT2D eigenvalue weighted by molar-refractivity contribution is 9.10. The van der Waals surface area contributed by atoms with Gasteiger partial charge in [-0.05, 0) is 53.0 Å². The van der Waals surface area contributed by atoms with E-state index in [1.165, 1.54) is 0 Å². The van der Waals surface area contributed by atoms with Crippen LogP contribution in [0.25, 0.3) is 11.5 Å². The number of nitrogens with zero attached hydrogens (tertiary/aromatic N) is 3. The maximum absolute atomic E-state index is 5.83. The van der Waals surface area contributed by atoms with Crippen LogP contribution < -0.4 is 5.32 Å². The van der Waals surface area contributed by atoms with Gasteiger partial charge in [-0.3, -0.25) is 4.90 Å². The molecule has 1 N–H and O–H groups in total. The molecule has 2 aromatic rings. The summed E-state index contributed by atoms with van der Waals surface area (Å²) < 4.78 is 6.80. The molecule has 0 saturated carbocycles. The Balaban J connectivity index is 1.47. The lowest BCUT2D eigenvalue weighted by molar-refractivity contribution is 0.273. The predicted octanol–water partition coefficient (Wildman–Crippen LogP) is 2.15. The molecule has 2 aliphatic rings. The Labute approximate surface area is 131 Å². The minimum atomic E-state index is 0.582. The fourth-order valence-corrected chi connectivity index (χ4v) is 3.79. The van der Waals surface area contributed by atoms with Gasteiger partial charge in [0.2, 0.25) is 11.8 Å². The van der Waals surface area contributed by atoms with Crippen molar-refractivity contribution in [2.45, 2.75) is 6.54 Å². The van der Waals surface area contributed by atoms with Crippen molar-refractivity contribution in [3.05, 3.63) is 34.6 Å². The first-order chi connectivity index (χ1) is 10.3. The second-order valence-electron chi connectivity index (χ2n) is 5.85. The molecule has 0 aliphatic carbocycles. The van der Waals surface area contributed by atoms with Crippen molar-refractivity contribution >= 4 is 15.9 Å². The van der Waals surface area contributed by atoms with E-state index in [1.807, 2.05) is 24.3 Å². The van der Waals surface area contributed by atoms with Crippen LogP contribution in [0.4, 0.5) is 0 Å². The van der Waals surface area contributed by atoms with E-state index >= 15 is 0 Å². The molecule has 110 valence electrons. The van der Waals surface area contributed by atoms with Gasteiger partial charge in [0.15, 0.2) is 0 Å². The second-order valence-corrected chi connectivity index (χ2v) is 6.71. The molecule has 1 aromatic heterocycles. The van der Waals surface area contributed by atoms with E-state index in [0.717, 1.165) is 54.6 Å². The Kier molecular flexibility index (Phi) is 3.52. The van der Waals surface area contributed by atoms with Crippen molar-refractivity contribution in [2.24, 2.45) is 11.8 Å². The molecule has 6 heteroatoms. The smallest absolute Gasteiger partial charge is 0.248 e. The molecule has 3 heterocycles. The van der Waals surface area contributed by atoms with Crippen LogP contribution in [0, 0.1) is 11.8 Å². The van der Waals surface area contributed by atoms with Crippen LogP contribution in [-0.2, 0) is 6.54 Å². The van der Waals surface area contributed by atoms with Gasteiger partial charge in [0, 0.05) is 17.6 Å². The Morgan fingerprint density at radius 2 is 1.95 bits per heavy atom. The highest BCUT2D eigenvalue weighted by atomic mass is 79.9. The maximum Gasteiger partial charge on any atom is 0.248 e. The number of hydrogen-bond acceptors (Lipinski definition) is 5. The lowest BCUT2D eigenvalue weighted by Crippen LogP contribution is -2.25. The van der Waals surface area contributed by atoms with Gasteiger partial charge in [-0.15, -0.1) is 10.2 Å². The number of aromatic nitrogens is 2. The van der Waals surface area contributed by atoms with Crippen molar-refractivity contribution in [3.63, 3.8) is 0 Å². The van der Waals surface area contributed by atoms with Crippen molar-refractivity contribution in [2.75, 3.05) is 26.2 Å². The number of hydrogen-bond donors (Lipinski definition) is 1. The number of rotatable bonds is 3. The summed E-state index contributed by atoms with van der Waals surface area (Å²) in [6, 6.07) is 7.90. The zero-order chi connectivity index (χ0) is 14.2. The molecule has 0 radical (unpaired) electrons. The molecule has 0 bridgehead atoms. The Hall–Kier alpha value is -1.24. The van der Waals surface area contributed by atoms with Crippen LogP contribution in [0.1, 0.15) is 5.89 Å². The number of halogens is 1. The molecule has 2 atom stereocenters. The van der Waals surface area contributed by atoms with Gasteiger partial charge in [0.1, 0.15) is 0 Å². The zero-order valence-corrected chi connectivity index (χ0v) is 13.2. The van der Waals surface area contributed by atoms with Crippen LogP contribution in [0.5, 0.6) is 0 Å². The van der Waals surface area contributed by atoms with Gasteiger partial charge in [0.25, 0.3) is 0 Å². The zero-order valence-electron chi connectivity index (χ0n) is 11.6. The van der Waals surface area contributed by atoms with E-state index < -0.39 is 0 Å². The van der Waals surface area contributed by atoms with Gasteiger partial charge in [0.05, 0.1) is 12.1 Å². The quantitative estimate of drug-likeness (QED) is 0.920. The summed E-state index contributed by atoms with van der Waals surface area (Å²) in [4.78, 5) is 2.42. The van der Waals surface area contributed by atoms with Crippen molar-refractivity contribution in [1.82, 2.24) is 20.4 Å². The largest absolute Gasteiger partial charge is 0.419 e. The first-order valence-corrected chi connectivity index (χ1v) is 8.09. The first kappa shape index (κ1) is 13.4. The summed E-state index contributed by atoms with van der Waals surface area (Å²) in [7, 11) is 0. The molecule has 0 unspecified atom stereocenters. The van der Waals surface area contributed by atoms with Crippen molar-refractivity contribution < 1.29 is 4.42 Å². The summed E-state index contributed by atoms with van der Waals surface area (Å²) in [5, 5.41) is 11.8. The standard InChI is InChI=1S/C15H17BrN4O/c16-13-4-2-1-3-12(13)15-19-18-14(21-15)9-20-7-10-5-17-6-11(10)8-20/h1-4,10-11,17H,5-9H2/t10-,11+. The van der Waals surface area contributed by atoms with Gasteiger partial charge in [-0.2, -0.15) is 0 Å². The summed E-state index contributed by atoms with van der Waals surface area (Å²) in [6.07, 6.45) is 0. The minimum Gasteiger partial charge on any atom is -0.419 e. The average Bonchev–Trinajstić information content (AvgIpc) is 3.15. The second kappa shape index (κ2) is 5.51. The van der Waals surface area contributed by atoms with Crippen LogP contribution in [0.15, 0.2) is 33.2 Å². The molecular weight excluding hydrogens is 332 g/mol. The third kappa shape index (κ3) is 2.63. The highest BCUT2D eigenvalue weighted by Gasteiger charge is 2.36. The third-order valence-electron chi connectivity index (χ3n) is 4.40. The predicted molar refractivity (Wildman–Crippen MR) is 82.6 cm³/mol. The minimum absolute atomic E-state index is 0.582. The monoisotopic (exact) mass is 348 g/mol. The summed E-state index contributed by atoms with van der Waals surface area (Å²) in [5.74, 6) is 2.86.